The highest BCUT2D eigenvalue weighted by atomic mass is 19.4. The van der Waals surface area contributed by atoms with Gasteiger partial charge in [-0.3, -0.25) is 9.59 Å². The number of nitrogens with one attached hydrogen (secondary N) is 2. The smallest absolute Gasteiger partial charge is 0.373 e. The first-order chi connectivity index (χ1) is 18.6. The molecule has 1 aliphatic carbocycles. The summed E-state index contributed by atoms with van der Waals surface area (Å²) < 4.78 is 113. The first-order valence-corrected chi connectivity index (χ1v) is 11.9. The molecular formula is C26H21F8N3O3. The molecule has 0 atom stereocenters. The molecule has 14 heteroatoms. The molecule has 0 spiro atoms. The zero-order valence-corrected chi connectivity index (χ0v) is 20.6. The Morgan fingerprint density at radius 2 is 1.65 bits per heavy atom. The third kappa shape index (κ3) is 6.32. The van der Waals surface area contributed by atoms with E-state index >= 15 is 4.39 Å². The summed E-state index contributed by atoms with van der Waals surface area (Å²) in [7, 11) is 0. The van der Waals surface area contributed by atoms with Crippen LogP contribution in [0, 0.1) is 24.5 Å². The molecule has 1 aromatic heterocycles. The quantitative estimate of drug-likeness (QED) is 0.356. The Balaban J connectivity index is 1.38. The van der Waals surface area contributed by atoms with Gasteiger partial charge in [0.1, 0.15) is 11.6 Å². The van der Waals surface area contributed by atoms with Crippen molar-refractivity contribution in [1.82, 2.24) is 15.3 Å². The minimum atomic E-state index is -5.03. The standard InChI is InChI=1S/C26H21F8N3O3/c1-12-20(27)24(39)37-22(36-12)19-18(26(32,33)34)7-4-14(21(19)28)10-35-23(38)15-8-17(9-15)40-11-13-2-5-16(6-3-13)25(29,30)31/h2-7,15,17H,8-11H2,1H3,(H,35,38)(H,36,37,39)/t15-,17-. The molecule has 4 rings (SSSR count). The van der Waals surface area contributed by atoms with E-state index in [2.05, 4.69) is 10.3 Å². The van der Waals surface area contributed by atoms with Crippen LogP contribution < -0.4 is 10.9 Å². The number of aromatic nitrogens is 2. The molecular weight excluding hydrogens is 554 g/mol. The summed E-state index contributed by atoms with van der Waals surface area (Å²) in [5.74, 6) is -4.54. The number of hydrogen-bond donors (Lipinski definition) is 2. The van der Waals surface area contributed by atoms with Gasteiger partial charge in [-0.1, -0.05) is 18.2 Å². The third-order valence-corrected chi connectivity index (χ3v) is 6.48. The number of carbonyl (C=O) groups excluding carboxylic acids is 1. The van der Waals surface area contributed by atoms with Gasteiger partial charge in [0.2, 0.25) is 11.7 Å². The van der Waals surface area contributed by atoms with Crippen molar-refractivity contribution in [2.45, 2.75) is 51.4 Å². The number of H-pyrrole nitrogens is 1. The molecule has 0 unspecified atom stereocenters. The lowest BCUT2D eigenvalue weighted by molar-refractivity contribution is -0.138. The van der Waals surface area contributed by atoms with E-state index in [1.165, 1.54) is 12.1 Å². The fourth-order valence-electron chi connectivity index (χ4n) is 4.16. The Morgan fingerprint density at radius 1 is 1.00 bits per heavy atom. The predicted molar refractivity (Wildman–Crippen MR) is 125 cm³/mol. The van der Waals surface area contributed by atoms with Crippen molar-refractivity contribution in [3.05, 3.63) is 86.3 Å². The van der Waals surface area contributed by atoms with Gasteiger partial charge in [0.15, 0.2) is 0 Å². The average molecular weight is 575 g/mol. The lowest BCUT2D eigenvalue weighted by Crippen LogP contribution is -2.42. The van der Waals surface area contributed by atoms with Crippen LogP contribution in [0.2, 0.25) is 0 Å². The van der Waals surface area contributed by atoms with E-state index in [0.29, 0.717) is 11.6 Å². The Kier molecular flexibility index (Phi) is 8.01. The van der Waals surface area contributed by atoms with E-state index in [9.17, 15) is 40.3 Å². The Labute approximate surface area is 221 Å². The molecule has 0 bridgehead atoms. The number of amides is 1. The third-order valence-electron chi connectivity index (χ3n) is 6.48. The summed E-state index contributed by atoms with van der Waals surface area (Å²) in [6.07, 6.45) is -9.24. The number of aromatic amines is 1. The Hall–Kier alpha value is -3.81. The Bertz CT molecular complexity index is 1460. The molecule has 1 fully saturated rings. The van der Waals surface area contributed by atoms with E-state index in [1.807, 2.05) is 4.98 Å². The topological polar surface area (TPSA) is 84.1 Å². The molecule has 1 amide bonds. The highest BCUT2D eigenvalue weighted by Gasteiger charge is 2.38. The van der Waals surface area contributed by atoms with Gasteiger partial charge < -0.3 is 15.0 Å². The van der Waals surface area contributed by atoms with E-state index in [0.717, 1.165) is 25.1 Å². The van der Waals surface area contributed by atoms with Gasteiger partial charge in [-0.05, 0) is 43.5 Å². The first-order valence-electron chi connectivity index (χ1n) is 11.9. The number of ether oxygens (including phenoxy) is 1. The number of hydrogen-bond acceptors (Lipinski definition) is 4. The van der Waals surface area contributed by atoms with Gasteiger partial charge >= 0.3 is 12.4 Å². The van der Waals surface area contributed by atoms with Gasteiger partial charge in [0, 0.05) is 18.0 Å². The van der Waals surface area contributed by atoms with Crippen molar-refractivity contribution < 1.29 is 44.7 Å². The minimum absolute atomic E-state index is 0.0374. The molecule has 6 nitrogen and oxygen atoms in total. The van der Waals surface area contributed by atoms with E-state index in [1.54, 1.807) is 0 Å². The van der Waals surface area contributed by atoms with Crippen molar-refractivity contribution in [3.63, 3.8) is 0 Å². The molecule has 40 heavy (non-hydrogen) atoms. The van der Waals surface area contributed by atoms with Gasteiger partial charge in [0.25, 0.3) is 5.56 Å². The summed E-state index contributed by atoms with van der Waals surface area (Å²) in [6, 6.07) is 5.87. The summed E-state index contributed by atoms with van der Waals surface area (Å²) in [4.78, 5) is 29.6. The molecule has 0 saturated heterocycles. The molecule has 0 aliphatic heterocycles. The molecule has 3 aromatic rings. The van der Waals surface area contributed by atoms with Crippen LogP contribution in [-0.4, -0.2) is 22.0 Å². The number of aryl methyl sites for hydroxylation is 1. The lowest BCUT2D eigenvalue weighted by atomic mass is 9.81. The number of halogens is 8. The zero-order valence-electron chi connectivity index (χ0n) is 20.6. The fraction of sp³-hybridized carbons (Fsp3) is 0.346. The average Bonchev–Trinajstić information content (AvgIpc) is 2.84. The van der Waals surface area contributed by atoms with Gasteiger partial charge in [0.05, 0.1) is 35.1 Å². The Morgan fingerprint density at radius 3 is 2.23 bits per heavy atom. The maximum Gasteiger partial charge on any atom is 0.417 e. The first kappa shape index (κ1) is 29.2. The van der Waals surface area contributed by atoms with Crippen LogP contribution in [0.5, 0.6) is 0 Å². The van der Waals surface area contributed by atoms with E-state index in [4.69, 9.17) is 4.74 Å². The second-order valence-electron chi connectivity index (χ2n) is 9.29. The van der Waals surface area contributed by atoms with Crippen LogP contribution in [0.1, 0.15) is 40.8 Å². The largest absolute Gasteiger partial charge is 0.417 e. The second-order valence-corrected chi connectivity index (χ2v) is 9.29. The molecule has 0 radical (unpaired) electrons. The second kappa shape index (κ2) is 11.0. The van der Waals surface area contributed by atoms with Crippen LogP contribution in [0.15, 0.2) is 41.2 Å². The van der Waals surface area contributed by atoms with Crippen LogP contribution in [0.3, 0.4) is 0 Å². The summed E-state index contributed by atoms with van der Waals surface area (Å²) in [5.41, 5.74) is -5.01. The van der Waals surface area contributed by atoms with Gasteiger partial charge in [-0.2, -0.15) is 30.7 Å². The summed E-state index contributed by atoms with van der Waals surface area (Å²) >= 11 is 0. The number of rotatable bonds is 7. The van der Waals surface area contributed by atoms with Gasteiger partial charge in [-0.25, -0.2) is 9.37 Å². The normalized spacial score (nSPS) is 17.4. The predicted octanol–water partition coefficient (Wildman–Crippen LogP) is 5.67. The molecule has 1 aliphatic rings. The van der Waals surface area contributed by atoms with Crippen molar-refractivity contribution in [2.24, 2.45) is 5.92 Å². The van der Waals surface area contributed by atoms with Crippen LogP contribution in [-0.2, 0) is 35.0 Å². The number of alkyl halides is 6. The molecule has 2 aromatic carbocycles. The van der Waals surface area contributed by atoms with Crippen LogP contribution >= 0.6 is 0 Å². The van der Waals surface area contributed by atoms with Crippen molar-refractivity contribution in [3.8, 4) is 11.4 Å². The van der Waals surface area contributed by atoms with Crippen molar-refractivity contribution in [2.75, 3.05) is 0 Å². The fourth-order valence-corrected chi connectivity index (χ4v) is 4.16. The van der Waals surface area contributed by atoms with Crippen LogP contribution in [0.25, 0.3) is 11.4 Å². The van der Waals surface area contributed by atoms with E-state index < -0.39 is 76.1 Å². The summed E-state index contributed by atoms with van der Waals surface area (Å²) in [5, 5.41) is 2.45. The van der Waals surface area contributed by atoms with Crippen LogP contribution in [0.4, 0.5) is 35.1 Å². The SMILES string of the molecule is Cc1nc(-c2c(C(F)(F)F)ccc(CNC(=O)[C@H]3C[C@H](OCc4ccc(C(F)(F)F)cc4)C3)c2F)[nH]c(=O)c1F. The molecule has 1 saturated carbocycles. The highest BCUT2D eigenvalue weighted by Crippen LogP contribution is 2.38. The highest BCUT2D eigenvalue weighted by molar-refractivity contribution is 5.79. The zero-order chi connectivity index (χ0) is 29.4. The van der Waals surface area contributed by atoms with Crippen molar-refractivity contribution >= 4 is 5.91 Å². The number of nitrogens with zero attached hydrogens (tertiary/aromatic N) is 1. The number of benzene rings is 2. The van der Waals surface area contributed by atoms with Crippen molar-refractivity contribution in [1.29, 1.82) is 0 Å². The summed E-state index contributed by atoms with van der Waals surface area (Å²) in [6.45, 7) is 0.603. The molecule has 1 heterocycles. The van der Waals surface area contributed by atoms with E-state index in [-0.39, 0.29) is 31.1 Å². The maximum absolute atomic E-state index is 15.3. The monoisotopic (exact) mass is 575 g/mol. The maximum atomic E-state index is 15.3. The number of carbonyl (C=O) groups is 1. The molecule has 2 N–H and O–H groups in total. The lowest BCUT2D eigenvalue weighted by Gasteiger charge is -2.34. The minimum Gasteiger partial charge on any atom is -0.373 e. The molecule has 214 valence electrons. The van der Waals surface area contributed by atoms with Gasteiger partial charge in [-0.15, -0.1) is 0 Å².